The average molecular weight is 332 g/mol. The second kappa shape index (κ2) is 6.04. The molecule has 1 aromatic carbocycles. The zero-order chi connectivity index (χ0) is 13.1. The fraction of sp³-hybridized carbons (Fsp3) is 0.462. The molecule has 5 heteroatoms. The molecule has 1 heterocycles. The highest BCUT2D eigenvalue weighted by molar-refractivity contribution is 9.10. The lowest BCUT2D eigenvalue weighted by Crippen LogP contribution is -2.30. The molecular formula is C13H16BrClN2O. The van der Waals surface area contributed by atoms with Crippen LogP contribution in [0, 0.1) is 5.92 Å². The van der Waals surface area contributed by atoms with Gasteiger partial charge < -0.3 is 10.2 Å². The van der Waals surface area contributed by atoms with E-state index in [1.807, 2.05) is 12.1 Å². The molecule has 1 aliphatic heterocycles. The maximum Gasteiger partial charge on any atom is 0.252 e. The van der Waals surface area contributed by atoms with Gasteiger partial charge in [-0.1, -0.05) is 17.7 Å². The van der Waals surface area contributed by atoms with Crippen molar-refractivity contribution >= 4 is 33.4 Å². The molecule has 1 amide bonds. The van der Waals surface area contributed by atoms with Crippen LogP contribution in [-0.4, -0.2) is 37.5 Å². The van der Waals surface area contributed by atoms with Crippen LogP contribution in [0.4, 0.5) is 0 Å². The first kappa shape index (κ1) is 13.8. The summed E-state index contributed by atoms with van der Waals surface area (Å²) >= 11 is 9.41. The number of hydrogen-bond acceptors (Lipinski definition) is 2. The predicted octanol–water partition coefficient (Wildman–Crippen LogP) is 2.78. The van der Waals surface area contributed by atoms with E-state index in [0.717, 1.165) is 24.0 Å². The number of carbonyl (C=O) groups is 1. The van der Waals surface area contributed by atoms with Crippen molar-refractivity contribution in [2.75, 3.05) is 26.7 Å². The Morgan fingerprint density at radius 3 is 3.06 bits per heavy atom. The number of rotatable bonds is 3. The Balaban J connectivity index is 1.94. The van der Waals surface area contributed by atoms with Crippen molar-refractivity contribution in [3.05, 3.63) is 33.3 Å². The molecule has 2 rings (SSSR count). The third kappa shape index (κ3) is 3.25. The Bertz CT molecular complexity index is 453. The van der Waals surface area contributed by atoms with Gasteiger partial charge in [-0.25, -0.2) is 0 Å². The SMILES string of the molecule is CN1CCC(CNC(=O)c2cccc(Br)c2Cl)C1. The van der Waals surface area contributed by atoms with Gasteiger partial charge in [-0.15, -0.1) is 0 Å². The topological polar surface area (TPSA) is 32.3 Å². The predicted molar refractivity (Wildman–Crippen MR) is 77.1 cm³/mol. The van der Waals surface area contributed by atoms with Crippen molar-refractivity contribution in [2.24, 2.45) is 5.92 Å². The summed E-state index contributed by atoms with van der Waals surface area (Å²) in [7, 11) is 2.10. The second-order valence-corrected chi connectivity index (χ2v) is 5.96. The molecule has 0 spiro atoms. The van der Waals surface area contributed by atoms with Gasteiger partial charge in [0.1, 0.15) is 0 Å². The van der Waals surface area contributed by atoms with E-state index in [1.165, 1.54) is 0 Å². The molecule has 0 aliphatic carbocycles. The Kier molecular flexibility index (Phi) is 4.65. The van der Waals surface area contributed by atoms with E-state index in [1.54, 1.807) is 6.07 Å². The van der Waals surface area contributed by atoms with Crippen LogP contribution in [0.2, 0.25) is 5.02 Å². The van der Waals surface area contributed by atoms with E-state index in [0.29, 0.717) is 23.0 Å². The van der Waals surface area contributed by atoms with E-state index in [9.17, 15) is 4.79 Å². The van der Waals surface area contributed by atoms with Crippen LogP contribution in [0.25, 0.3) is 0 Å². The van der Waals surface area contributed by atoms with Gasteiger partial charge >= 0.3 is 0 Å². The summed E-state index contributed by atoms with van der Waals surface area (Å²) in [5, 5.41) is 3.43. The summed E-state index contributed by atoms with van der Waals surface area (Å²) in [5.74, 6) is 0.445. The normalized spacial score (nSPS) is 20.1. The lowest BCUT2D eigenvalue weighted by Gasteiger charge is -2.12. The Morgan fingerprint density at radius 1 is 1.61 bits per heavy atom. The van der Waals surface area contributed by atoms with Crippen LogP contribution in [0.1, 0.15) is 16.8 Å². The van der Waals surface area contributed by atoms with Crippen LogP contribution in [0.5, 0.6) is 0 Å². The van der Waals surface area contributed by atoms with Gasteiger partial charge in [0.05, 0.1) is 10.6 Å². The number of nitrogens with zero attached hydrogens (tertiary/aromatic N) is 1. The summed E-state index contributed by atoms with van der Waals surface area (Å²) in [6, 6.07) is 5.38. The van der Waals surface area contributed by atoms with Crippen LogP contribution in [0.15, 0.2) is 22.7 Å². The van der Waals surface area contributed by atoms with E-state index in [2.05, 4.69) is 33.2 Å². The van der Waals surface area contributed by atoms with Gasteiger partial charge in [-0.05, 0) is 54.0 Å². The molecule has 1 saturated heterocycles. The first-order chi connectivity index (χ1) is 8.58. The first-order valence-corrected chi connectivity index (χ1v) is 7.16. The van der Waals surface area contributed by atoms with Gasteiger partial charge in [-0.3, -0.25) is 4.79 Å². The molecule has 0 saturated carbocycles. The minimum Gasteiger partial charge on any atom is -0.352 e. The van der Waals surface area contributed by atoms with Crippen molar-refractivity contribution in [3.8, 4) is 0 Å². The molecule has 1 N–H and O–H groups in total. The Labute approximate surface area is 121 Å². The van der Waals surface area contributed by atoms with Gasteiger partial charge in [0.15, 0.2) is 0 Å². The molecule has 0 bridgehead atoms. The van der Waals surface area contributed by atoms with Gasteiger partial charge in [0, 0.05) is 17.6 Å². The summed E-state index contributed by atoms with van der Waals surface area (Å²) in [6.45, 7) is 2.87. The second-order valence-electron chi connectivity index (χ2n) is 4.73. The van der Waals surface area contributed by atoms with Crippen molar-refractivity contribution < 1.29 is 4.79 Å². The number of likely N-dealkylation sites (tertiary alicyclic amines) is 1. The number of nitrogens with one attached hydrogen (secondary N) is 1. The van der Waals surface area contributed by atoms with Gasteiger partial charge in [0.25, 0.3) is 5.91 Å². The van der Waals surface area contributed by atoms with Crippen LogP contribution in [-0.2, 0) is 0 Å². The van der Waals surface area contributed by atoms with Crippen molar-refractivity contribution in [3.63, 3.8) is 0 Å². The largest absolute Gasteiger partial charge is 0.352 e. The monoisotopic (exact) mass is 330 g/mol. The molecule has 0 aromatic heterocycles. The average Bonchev–Trinajstić information content (AvgIpc) is 2.76. The van der Waals surface area contributed by atoms with E-state index >= 15 is 0 Å². The number of carbonyl (C=O) groups excluding carboxylic acids is 1. The molecule has 0 radical (unpaired) electrons. The number of amides is 1. The summed E-state index contributed by atoms with van der Waals surface area (Å²) in [6.07, 6.45) is 1.14. The maximum atomic E-state index is 12.0. The number of hydrogen-bond donors (Lipinski definition) is 1. The standard InChI is InChI=1S/C13H16BrClN2O/c1-17-6-5-9(8-17)7-16-13(18)10-3-2-4-11(14)12(10)15/h2-4,9H,5-8H2,1H3,(H,16,18). The highest BCUT2D eigenvalue weighted by Crippen LogP contribution is 2.26. The maximum absolute atomic E-state index is 12.0. The fourth-order valence-electron chi connectivity index (χ4n) is 2.20. The highest BCUT2D eigenvalue weighted by Gasteiger charge is 2.20. The van der Waals surface area contributed by atoms with E-state index < -0.39 is 0 Å². The smallest absolute Gasteiger partial charge is 0.252 e. The summed E-state index contributed by atoms with van der Waals surface area (Å²) in [5.41, 5.74) is 0.525. The van der Waals surface area contributed by atoms with E-state index in [4.69, 9.17) is 11.6 Å². The minimum atomic E-state index is -0.101. The molecule has 1 aromatic rings. The lowest BCUT2D eigenvalue weighted by molar-refractivity contribution is 0.0947. The highest BCUT2D eigenvalue weighted by atomic mass is 79.9. The Hall–Kier alpha value is -0.580. The molecular weight excluding hydrogens is 316 g/mol. The molecule has 3 nitrogen and oxygen atoms in total. The van der Waals surface area contributed by atoms with Crippen molar-refractivity contribution in [1.29, 1.82) is 0 Å². The summed E-state index contributed by atoms with van der Waals surface area (Å²) < 4.78 is 0.748. The third-order valence-corrected chi connectivity index (χ3v) is 4.53. The van der Waals surface area contributed by atoms with Crippen LogP contribution >= 0.6 is 27.5 Å². The molecule has 1 aliphatic rings. The number of halogens is 2. The lowest BCUT2D eigenvalue weighted by atomic mass is 10.1. The van der Waals surface area contributed by atoms with Crippen molar-refractivity contribution in [2.45, 2.75) is 6.42 Å². The quantitative estimate of drug-likeness (QED) is 0.924. The van der Waals surface area contributed by atoms with Crippen LogP contribution < -0.4 is 5.32 Å². The number of benzene rings is 1. The molecule has 1 unspecified atom stereocenters. The zero-order valence-electron chi connectivity index (χ0n) is 10.2. The summed E-state index contributed by atoms with van der Waals surface area (Å²) in [4.78, 5) is 14.3. The van der Waals surface area contributed by atoms with Crippen LogP contribution in [0.3, 0.4) is 0 Å². The molecule has 18 heavy (non-hydrogen) atoms. The molecule has 1 fully saturated rings. The first-order valence-electron chi connectivity index (χ1n) is 5.98. The molecule has 98 valence electrons. The minimum absolute atomic E-state index is 0.101. The van der Waals surface area contributed by atoms with Crippen molar-refractivity contribution in [1.82, 2.24) is 10.2 Å². The van der Waals surface area contributed by atoms with Gasteiger partial charge in [0.2, 0.25) is 0 Å². The molecule has 1 atom stereocenters. The third-order valence-electron chi connectivity index (χ3n) is 3.24. The zero-order valence-corrected chi connectivity index (χ0v) is 12.6. The van der Waals surface area contributed by atoms with Gasteiger partial charge in [-0.2, -0.15) is 0 Å². The fourth-order valence-corrected chi connectivity index (χ4v) is 2.78. The van der Waals surface area contributed by atoms with E-state index in [-0.39, 0.29) is 5.91 Å². The Morgan fingerprint density at radius 2 is 2.39 bits per heavy atom.